The van der Waals surface area contributed by atoms with E-state index < -0.39 is 5.97 Å². The smallest absolute Gasteiger partial charge is 0.358 e. The van der Waals surface area contributed by atoms with Crippen LogP contribution in [0, 0.1) is 29.6 Å². The normalized spacial score (nSPS) is 36.7. The van der Waals surface area contributed by atoms with E-state index in [1.807, 2.05) is 0 Å². The zero-order valence-electron chi connectivity index (χ0n) is 12.0. The molecule has 4 bridgehead atoms. The fourth-order valence-electron chi connectivity index (χ4n) is 5.21. The third-order valence-electron chi connectivity index (χ3n) is 5.83. The van der Waals surface area contributed by atoms with Crippen molar-refractivity contribution in [2.24, 2.45) is 29.6 Å². The van der Waals surface area contributed by atoms with Crippen molar-refractivity contribution in [1.82, 2.24) is 9.97 Å². The molecule has 2 N–H and O–H groups in total. The van der Waals surface area contributed by atoms with Gasteiger partial charge in [0.05, 0.1) is 0 Å². The molecule has 4 aliphatic carbocycles. The van der Waals surface area contributed by atoms with Crippen molar-refractivity contribution in [1.29, 1.82) is 0 Å². The second kappa shape index (κ2) is 4.97. The van der Waals surface area contributed by atoms with Gasteiger partial charge in [0, 0.05) is 18.9 Å². The van der Waals surface area contributed by atoms with Crippen molar-refractivity contribution in [3.05, 3.63) is 18.1 Å². The van der Waals surface area contributed by atoms with Crippen LogP contribution in [0.1, 0.15) is 42.6 Å². The highest BCUT2D eigenvalue weighted by Crippen LogP contribution is 2.56. The highest BCUT2D eigenvalue weighted by Gasteiger charge is 2.47. The molecule has 21 heavy (non-hydrogen) atoms. The summed E-state index contributed by atoms with van der Waals surface area (Å²) in [6, 6.07) is 0. The zero-order valence-corrected chi connectivity index (χ0v) is 12.0. The number of carbonyl (C=O) groups is 1. The second-order valence-electron chi connectivity index (χ2n) is 7.03. The highest BCUT2D eigenvalue weighted by atomic mass is 16.4. The molecule has 0 atom stereocenters. The highest BCUT2D eigenvalue weighted by molar-refractivity contribution is 5.90. The van der Waals surface area contributed by atoms with E-state index in [0.717, 1.165) is 30.2 Å². The molecule has 4 saturated carbocycles. The lowest BCUT2D eigenvalue weighted by Crippen LogP contribution is -2.47. The fraction of sp³-hybridized carbons (Fsp3) is 0.688. The number of carboxylic acids is 1. The molecular formula is C16H21N3O2. The molecular weight excluding hydrogens is 266 g/mol. The van der Waals surface area contributed by atoms with Crippen molar-refractivity contribution in [2.45, 2.75) is 32.1 Å². The Morgan fingerprint density at radius 2 is 1.71 bits per heavy atom. The van der Waals surface area contributed by atoms with Gasteiger partial charge in [-0.25, -0.2) is 14.8 Å². The molecule has 1 aromatic heterocycles. The van der Waals surface area contributed by atoms with Crippen LogP contribution in [0.25, 0.3) is 0 Å². The fourth-order valence-corrected chi connectivity index (χ4v) is 5.21. The van der Waals surface area contributed by atoms with Gasteiger partial charge in [-0.2, -0.15) is 0 Å². The molecule has 5 heteroatoms. The standard InChI is InChI=1S/C16H21N3O2/c20-16(21)14-15(18-2-1-17-14)19-8-13-11-4-9-3-10(6-11)7-12(13)5-9/h1-2,9-13H,3-8H2,(H,18,19)(H,20,21). The van der Waals surface area contributed by atoms with E-state index in [2.05, 4.69) is 15.3 Å². The summed E-state index contributed by atoms with van der Waals surface area (Å²) < 4.78 is 0. The van der Waals surface area contributed by atoms with Gasteiger partial charge in [0.15, 0.2) is 11.5 Å². The number of aromatic carboxylic acids is 1. The van der Waals surface area contributed by atoms with Crippen LogP contribution in [0.3, 0.4) is 0 Å². The van der Waals surface area contributed by atoms with E-state index in [4.69, 9.17) is 5.11 Å². The van der Waals surface area contributed by atoms with Gasteiger partial charge in [0.2, 0.25) is 0 Å². The Bertz CT molecular complexity index is 532. The van der Waals surface area contributed by atoms with E-state index in [1.54, 1.807) is 6.20 Å². The Morgan fingerprint density at radius 1 is 1.10 bits per heavy atom. The number of hydrogen-bond donors (Lipinski definition) is 2. The predicted molar refractivity (Wildman–Crippen MR) is 78.0 cm³/mol. The van der Waals surface area contributed by atoms with Crippen LogP contribution in [-0.2, 0) is 0 Å². The molecule has 0 spiro atoms. The topological polar surface area (TPSA) is 75.1 Å². The first kappa shape index (κ1) is 13.0. The number of carboxylic acid groups (broad SMARTS) is 1. The molecule has 5 rings (SSSR count). The Morgan fingerprint density at radius 3 is 2.33 bits per heavy atom. The summed E-state index contributed by atoms with van der Waals surface area (Å²) in [7, 11) is 0. The summed E-state index contributed by atoms with van der Waals surface area (Å²) >= 11 is 0. The Hall–Kier alpha value is -1.65. The lowest BCUT2D eigenvalue weighted by molar-refractivity contribution is -0.0305. The predicted octanol–water partition coefficient (Wildman–Crippen LogP) is 2.66. The summed E-state index contributed by atoms with van der Waals surface area (Å²) in [5.74, 6) is 3.68. The first-order valence-corrected chi connectivity index (χ1v) is 7.99. The van der Waals surface area contributed by atoms with Crippen LogP contribution in [0.5, 0.6) is 0 Å². The van der Waals surface area contributed by atoms with E-state index in [-0.39, 0.29) is 5.69 Å². The van der Waals surface area contributed by atoms with Crippen molar-refractivity contribution in [2.75, 3.05) is 11.9 Å². The van der Waals surface area contributed by atoms with Gasteiger partial charge < -0.3 is 10.4 Å². The van der Waals surface area contributed by atoms with E-state index in [0.29, 0.717) is 11.7 Å². The molecule has 5 nitrogen and oxygen atoms in total. The first-order valence-electron chi connectivity index (χ1n) is 7.99. The van der Waals surface area contributed by atoms with Crippen molar-refractivity contribution >= 4 is 11.8 Å². The van der Waals surface area contributed by atoms with E-state index in [9.17, 15) is 4.79 Å². The molecule has 112 valence electrons. The lowest BCUT2D eigenvalue weighted by atomic mass is 9.52. The van der Waals surface area contributed by atoms with E-state index >= 15 is 0 Å². The number of nitrogens with one attached hydrogen (secondary N) is 1. The zero-order chi connectivity index (χ0) is 14.4. The summed E-state index contributed by atoms with van der Waals surface area (Å²) in [5, 5.41) is 12.4. The average molecular weight is 287 g/mol. The minimum atomic E-state index is -1.02. The maximum atomic E-state index is 11.2. The Balaban J connectivity index is 1.47. The Labute approximate surface area is 124 Å². The third-order valence-corrected chi connectivity index (χ3v) is 5.83. The molecule has 1 heterocycles. The average Bonchev–Trinajstić information content (AvgIpc) is 2.46. The second-order valence-corrected chi connectivity index (χ2v) is 7.03. The molecule has 0 saturated heterocycles. The van der Waals surface area contributed by atoms with Gasteiger partial charge in [-0.3, -0.25) is 0 Å². The summed E-state index contributed by atoms with van der Waals surface area (Å²) in [5.41, 5.74) is 0.0290. The molecule has 0 unspecified atom stereocenters. The largest absolute Gasteiger partial charge is 0.476 e. The van der Waals surface area contributed by atoms with Crippen LogP contribution in [0.2, 0.25) is 0 Å². The summed E-state index contributed by atoms with van der Waals surface area (Å²) in [6.07, 6.45) is 9.96. The molecule has 0 aliphatic heterocycles. The number of rotatable bonds is 4. The van der Waals surface area contributed by atoms with Crippen LogP contribution >= 0.6 is 0 Å². The molecule has 0 aromatic carbocycles. The quantitative estimate of drug-likeness (QED) is 0.890. The van der Waals surface area contributed by atoms with Crippen molar-refractivity contribution in [3.63, 3.8) is 0 Å². The van der Waals surface area contributed by atoms with Crippen LogP contribution in [0.15, 0.2) is 12.4 Å². The molecule has 4 aliphatic rings. The summed E-state index contributed by atoms with van der Waals surface area (Å²) in [4.78, 5) is 19.2. The first-order chi connectivity index (χ1) is 10.2. The minimum absolute atomic E-state index is 0.0290. The summed E-state index contributed by atoms with van der Waals surface area (Å²) in [6.45, 7) is 0.841. The maximum absolute atomic E-state index is 11.2. The van der Waals surface area contributed by atoms with Crippen molar-refractivity contribution < 1.29 is 9.90 Å². The monoisotopic (exact) mass is 287 g/mol. The SMILES string of the molecule is O=C(O)c1nccnc1NCC1C2CC3CC(C2)CC1C3. The number of nitrogens with zero attached hydrogens (tertiary/aromatic N) is 2. The molecule has 0 radical (unpaired) electrons. The van der Waals surface area contributed by atoms with Crippen LogP contribution in [0.4, 0.5) is 5.82 Å². The van der Waals surface area contributed by atoms with Crippen LogP contribution in [-0.4, -0.2) is 27.6 Å². The molecule has 4 fully saturated rings. The van der Waals surface area contributed by atoms with E-state index in [1.165, 1.54) is 38.3 Å². The van der Waals surface area contributed by atoms with Gasteiger partial charge in [-0.15, -0.1) is 0 Å². The number of anilines is 1. The minimum Gasteiger partial charge on any atom is -0.476 e. The van der Waals surface area contributed by atoms with Gasteiger partial charge in [-0.05, 0) is 61.7 Å². The van der Waals surface area contributed by atoms with Crippen LogP contribution < -0.4 is 5.32 Å². The molecule has 0 amide bonds. The third kappa shape index (κ3) is 2.28. The lowest BCUT2D eigenvalue weighted by Gasteiger charge is -2.54. The van der Waals surface area contributed by atoms with Crippen molar-refractivity contribution in [3.8, 4) is 0 Å². The number of hydrogen-bond acceptors (Lipinski definition) is 4. The number of aromatic nitrogens is 2. The van der Waals surface area contributed by atoms with Gasteiger partial charge in [0.25, 0.3) is 0 Å². The van der Waals surface area contributed by atoms with Gasteiger partial charge in [-0.1, -0.05) is 0 Å². The maximum Gasteiger partial charge on any atom is 0.358 e. The molecule has 1 aromatic rings. The Kier molecular flexibility index (Phi) is 3.08. The van der Waals surface area contributed by atoms with Gasteiger partial charge in [0.1, 0.15) is 0 Å². The van der Waals surface area contributed by atoms with Gasteiger partial charge >= 0.3 is 5.97 Å².